The van der Waals surface area contributed by atoms with Crippen molar-refractivity contribution in [1.82, 2.24) is 14.5 Å². The van der Waals surface area contributed by atoms with Gasteiger partial charge in [0.2, 0.25) is 0 Å². The molecule has 4 aromatic carbocycles. The first-order valence-electron chi connectivity index (χ1n) is 14.2. The van der Waals surface area contributed by atoms with Crippen molar-refractivity contribution in [3.8, 4) is 11.1 Å². The number of carbonyl (C=O) groups is 2. The molecule has 1 aromatic heterocycles. The molecule has 1 aliphatic heterocycles. The fourth-order valence-electron chi connectivity index (χ4n) is 5.45. The third kappa shape index (κ3) is 5.77. The molecular weight excluding hydrogens is 524 g/mol. The topological polar surface area (TPSA) is 67.7 Å². The minimum Gasteiger partial charge on any atom is -0.443 e. The van der Waals surface area contributed by atoms with E-state index in [1.165, 1.54) is 10.9 Å². The monoisotopic (exact) mass is 558 g/mol. The highest BCUT2D eigenvalue weighted by Crippen LogP contribution is 2.32. The first-order valence-corrected chi connectivity index (χ1v) is 14.2. The zero-order valence-electron chi connectivity index (χ0n) is 24.2. The van der Waals surface area contributed by atoms with E-state index in [0.717, 1.165) is 38.8 Å². The molecule has 0 saturated heterocycles. The molecule has 7 heteroatoms. The van der Waals surface area contributed by atoms with Crippen LogP contribution in [0.2, 0.25) is 0 Å². The molecule has 2 heterocycles. The van der Waals surface area contributed by atoms with Gasteiger partial charge in [-0.05, 0) is 66.4 Å². The maximum absolute atomic E-state index is 14.0. The smallest absolute Gasteiger partial charge is 0.419 e. The van der Waals surface area contributed by atoms with Crippen molar-refractivity contribution in [1.29, 1.82) is 0 Å². The molecule has 42 heavy (non-hydrogen) atoms. The molecule has 0 aliphatic carbocycles. The van der Waals surface area contributed by atoms with Crippen LogP contribution in [0.3, 0.4) is 0 Å². The van der Waals surface area contributed by atoms with Crippen molar-refractivity contribution in [2.24, 2.45) is 0 Å². The molecule has 0 unspecified atom stereocenters. The van der Waals surface area contributed by atoms with Crippen molar-refractivity contribution in [2.45, 2.75) is 39.5 Å². The fraction of sp³-hybridized carbons (Fsp3) is 0.229. The average Bonchev–Trinajstić information content (AvgIpc) is 3.38. The Morgan fingerprint density at radius 2 is 1.62 bits per heavy atom. The highest BCUT2D eigenvalue weighted by molar-refractivity contribution is 6.07. The lowest BCUT2D eigenvalue weighted by atomic mass is 10.0. The van der Waals surface area contributed by atoms with Gasteiger partial charge in [0.15, 0.2) is 0 Å². The second-order valence-electron chi connectivity index (χ2n) is 11.6. The number of hydrogen-bond donors (Lipinski definition) is 0. The summed E-state index contributed by atoms with van der Waals surface area (Å²) in [6, 6.07) is 30.6. The molecule has 212 valence electrons. The van der Waals surface area contributed by atoms with Gasteiger partial charge in [-0.1, -0.05) is 72.8 Å². The number of carbonyl (C=O) groups excluding carboxylic acids is 2. The number of fused-ring (bicyclic) bond motifs is 2. The summed E-state index contributed by atoms with van der Waals surface area (Å²) in [4.78, 5) is 35.3. The van der Waals surface area contributed by atoms with Gasteiger partial charge in [-0.2, -0.15) is 0 Å². The van der Waals surface area contributed by atoms with Crippen LogP contribution in [-0.2, 0) is 17.8 Å². The molecular formula is C35H34N4O3. The Bertz CT molecular complexity index is 1750. The molecule has 0 fully saturated rings. The summed E-state index contributed by atoms with van der Waals surface area (Å²) < 4.78 is 6.88. The molecule has 0 radical (unpaired) electrons. The van der Waals surface area contributed by atoms with E-state index in [9.17, 15) is 9.59 Å². The van der Waals surface area contributed by atoms with Crippen LogP contribution in [-0.4, -0.2) is 45.1 Å². The second-order valence-corrected chi connectivity index (χ2v) is 11.6. The van der Waals surface area contributed by atoms with E-state index in [1.54, 1.807) is 6.20 Å². The highest BCUT2D eigenvalue weighted by atomic mass is 16.6. The van der Waals surface area contributed by atoms with Gasteiger partial charge in [0.05, 0.1) is 12.2 Å². The summed E-state index contributed by atoms with van der Waals surface area (Å²) in [5.74, 6) is 0.0129. The molecule has 5 aromatic rings. The van der Waals surface area contributed by atoms with Crippen LogP contribution in [0.25, 0.3) is 21.9 Å². The first kappa shape index (κ1) is 27.3. The summed E-state index contributed by atoms with van der Waals surface area (Å²) in [5.41, 5.74) is 5.19. The van der Waals surface area contributed by atoms with Gasteiger partial charge in [0, 0.05) is 37.1 Å². The van der Waals surface area contributed by atoms with Crippen molar-refractivity contribution < 1.29 is 14.3 Å². The average molecular weight is 559 g/mol. The largest absolute Gasteiger partial charge is 0.443 e. The lowest BCUT2D eigenvalue weighted by Gasteiger charge is -2.24. The maximum atomic E-state index is 14.0. The number of aromatic nitrogens is 2. The Morgan fingerprint density at radius 3 is 2.43 bits per heavy atom. The number of ether oxygens (including phenoxy) is 1. The Hall–Kier alpha value is -4.91. The fourth-order valence-corrected chi connectivity index (χ4v) is 5.45. The second kappa shape index (κ2) is 11.2. The number of hydrogen-bond acceptors (Lipinski definition) is 5. The van der Waals surface area contributed by atoms with Gasteiger partial charge in [-0.15, -0.1) is 0 Å². The number of benzene rings is 4. The van der Waals surface area contributed by atoms with Crippen LogP contribution in [0.4, 0.5) is 10.5 Å². The molecule has 0 bridgehead atoms. The molecule has 1 aliphatic rings. The maximum Gasteiger partial charge on any atom is 0.419 e. The Morgan fingerprint density at radius 1 is 0.857 bits per heavy atom. The van der Waals surface area contributed by atoms with Crippen LogP contribution in [0.1, 0.15) is 42.4 Å². The number of anilines is 1. The van der Waals surface area contributed by atoms with Crippen LogP contribution >= 0.6 is 0 Å². The molecule has 0 N–H and O–H groups in total. The van der Waals surface area contributed by atoms with Gasteiger partial charge < -0.3 is 14.5 Å². The van der Waals surface area contributed by atoms with Gasteiger partial charge in [0.25, 0.3) is 5.91 Å². The Balaban J connectivity index is 1.33. The zero-order valence-corrected chi connectivity index (χ0v) is 24.2. The molecule has 6 rings (SSSR count). The quantitative estimate of drug-likeness (QED) is 0.234. The summed E-state index contributed by atoms with van der Waals surface area (Å²) >= 11 is 0. The van der Waals surface area contributed by atoms with Gasteiger partial charge in [-0.25, -0.2) is 14.3 Å². The van der Waals surface area contributed by atoms with Crippen molar-refractivity contribution >= 4 is 28.5 Å². The normalized spacial score (nSPS) is 13.5. The summed E-state index contributed by atoms with van der Waals surface area (Å²) in [6.07, 6.45) is 2.75. The summed E-state index contributed by atoms with van der Waals surface area (Å²) in [7, 11) is 0. The van der Waals surface area contributed by atoms with E-state index in [0.29, 0.717) is 31.7 Å². The summed E-state index contributed by atoms with van der Waals surface area (Å²) in [6.45, 7) is 7.66. The molecule has 0 spiro atoms. The predicted octanol–water partition coefficient (Wildman–Crippen LogP) is 7.15. The van der Waals surface area contributed by atoms with Crippen molar-refractivity contribution in [3.63, 3.8) is 0 Å². The Labute approximate surface area is 246 Å². The van der Waals surface area contributed by atoms with Crippen LogP contribution < -0.4 is 4.90 Å². The minimum atomic E-state index is -0.595. The predicted molar refractivity (Wildman–Crippen MR) is 165 cm³/mol. The molecule has 7 nitrogen and oxygen atoms in total. The summed E-state index contributed by atoms with van der Waals surface area (Å²) in [5, 5.41) is 2.00. The van der Waals surface area contributed by atoms with Gasteiger partial charge in [-0.3, -0.25) is 4.79 Å². The van der Waals surface area contributed by atoms with E-state index >= 15 is 0 Å². The third-order valence-corrected chi connectivity index (χ3v) is 7.43. The van der Waals surface area contributed by atoms with Gasteiger partial charge in [0.1, 0.15) is 11.9 Å². The van der Waals surface area contributed by atoms with E-state index in [1.807, 2.05) is 86.3 Å². The number of rotatable bonds is 4. The van der Waals surface area contributed by atoms with Crippen LogP contribution in [0.5, 0.6) is 0 Å². The van der Waals surface area contributed by atoms with Crippen molar-refractivity contribution in [3.05, 3.63) is 120 Å². The van der Waals surface area contributed by atoms with E-state index in [-0.39, 0.29) is 5.91 Å². The lowest BCUT2D eigenvalue weighted by Crippen LogP contribution is -2.35. The van der Waals surface area contributed by atoms with Crippen LogP contribution in [0.15, 0.2) is 104 Å². The molecule has 1 amide bonds. The molecule has 0 atom stereocenters. The van der Waals surface area contributed by atoms with E-state index in [2.05, 4.69) is 40.2 Å². The van der Waals surface area contributed by atoms with Crippen molar-refractivity contribution in [2.75, 3.05) is 18.0 Å². The SMILES string of the molecule is CC(C)(C)OC(=O)n1cnc(CN2CCN(C(=O)c3cccc4ccccc34)Cc3cc(-c4ccccc4)ccc32)c1. The number of amides is 1. The van der Waals surface area contributed by atoms with E-state index < -0.39 is 11.7 Å². The third-order valence-electron chi connectivity index (χ3n) is 7.43. The number of nitrogens with zero attached hydrogens (tertiary/aromatic N) is 4. The zero-order chi connectivity index (χ0) is 29.3. The molecule has 0 saturated carbocycles. The standard InChI is InChI=1S/C35H34N4O3/c1-35(2,3)42-34(41)39-23-29(36-24-39)22-37-18-19-38(33(40)31-15-9-13-26-12-7-8-14-30(26)31)21-28-20-27(16-17-32(28)37)25-10-5-4-6-11-25/h4-17,20,23-24H,18-19,21-22H2,1-3H3. The van der Waals surface area contributed by atoms with Crippen LogP contribution in [0, 0.1) is 0 Å². The number of imidazole rings is 1. The first-order chi connectivity index (χ1) is 20.2. The Kier molecular flexibility index (Phi) is 7.25. The van der Waals surface area contributed by atoms with E-state index in [4.69, 9.17) is 4.74 Å². The minimum absolute atomic E-state index is 0.0129. The lowest BCUT2D eigenvalue weighted by molar-refractivity contribution is 0.0536. The highest BCUT2D eigenvalue weighted by Gasteiger charge is 2.26. The van der Waals surface area contributed by atoms with Gasteiger partial charge >= 0.3 is 6.09 Å².